The maximum atomic E-state index is 12.7. The van der Waals surface area contributed by atoms with Crippen molar-refractivity contribution in [2.45, 2.75) is 6.92 Å². The van der Waals surface area contributed by atoms with Crippen LogP contribution in [-0.4, -0.2) is 38.8 Å². The zero-order valence-electron chi connectivity index (χ0n) is 13.7. The van der Waals surface area contributed by atoms with Crippen LogP contribution in [0.1, 0.15) is 5.56 Å². The molecule has 2 heterocycles. The topological polar surface area (TPSA) is 42.0 Å². The molecule has 0 radical (unpaired) electrons. The standard InChI is InChI=1S/C19H20N2O3/c1-14-5-2-3-7-16(14)24-13-18(22)21-10-9-20-11-12-23-17-8-4-6-15(21)19(17)20/h2-8H,9-13H2,1H3. The van der Waals surface area contributed by atoms with Crippen LogP contribution in [0.15, 0.2) is 42.5 Å². The third-order valence-corrected chi connectivity index (χ3v) is 4.54. The molecule has 2 aromatic carbocycles. The van der Waals surface area contributed by atoms with Crippen LogP contribution in [-0.2, 0) is 4.79 Å². The summed E-state index contributed by atoms with van der Waals surface area (Å²) in [6.07, 6.45) is 0. The lowest BCUT2D eigenvalue weighted by Gasteiger charge is -2.40. The van der Waals surface area contributed by atoms with E-state index in [9.17, 15) is 4.79 Å². The minimum Gasteiger partial charge on any atom is -0.489 e. The number of nitrogens with zero attached hydrogens (tertiary/aromatic N) is 2. The number of hydrogen-bond acceptors (Lipinski definition) is 4. The van der Waals surface area contributed by atoms with Gasteiger partial charge in [0.1, 0.15) is 23.8 Å². The molecule has 1 amide bonds. The first kappa shape index (κ1) is 14.9. The van der Waals surface area contributed by atoms with Gasteiger partial charge in [0.25, 0.3) is 5.91 Å². The Kier molecular flexibility index (Phi) is 3.76. The average molecular weight is 324 g/mol. The Morgan fingerprint density at radius 2 is 2.00 bits per heavy atom. The van der Waals surface area contributed by atoms with Gasteiger partial charge in [-0.25, -0.2) is 0 Å². The Balaban J connectivity index is 1.54. The van der Waals surface area contributed by atoms with Gasteiger partial charge in [-0.15, -0.1) is 0 Å². The lowest BCUT2D eigenvalue weighted by atomic mass is 10.1. The molecular formula is C19H20N2O3. The summed E-state index contributed by atoms with van der Waals surface area (Å²) in [7, 11) is 0. The van der Waals surface area contributed by atoms with E-state index in [0.717, 1.165) is 41.5 Å². The molecule has 5 nitrogen and oxygen atoms in total. The van der Waals surface area contributed by atoms with E-state index >= 15 is 0 Å². The second-order valence-corrected chi connectivity index (χ2v) is 6.06. The maximum absolute atomic E-state index is 12.7. The number of amides is 1. The zero-order valence-corrected chi connectivity index (χ0v) is 13.7. The lowest BCUT2D eigenvalue weighted by Crippen LogP contribution is -2.48. The van der Waals surface area contributed by atoms with Gasteiger partial charge < -0.3 is 19.3 Å². The van der Waals surface area contributed by atoms with Crippen molar-refractivity contribution in [2.24, 2.45) is 0 Å². The fraction of sp³-hybridized carbons (Fsp3) is 0.316. The van der Waals surface area contributed by atoms with E-state index in [-0.39, 0.29) is 12.5 Å². The fourth-order valence-electron chi connectivity index (χ4n) is 3.30. The molecule has 2 aliphatic rings. The predicted octanol–water partition coefficient (Wildman–Crippen LogP) is 2.62. The molecule has 0 atom stereocenters. The molecule has 124 valence electrons. The van der Waals surface area contributed by atoms with E-state index < -0.39 is 0 Å². The van der Waals surface area contributed by atoms with Gasteiger partial charge in [-0.05, 0) is 30.7 Å². The number of anilines is 2. The first-order valence-electron chi connectivity index (χ1n) is 8.23. The second kappa shape index (κ2) is 6.07. The van der Waals surface area contributed by atoms with Gasteiger partial charge in [-0.3, -0.25) is 4.79 Å². The Bertz CT molecular complexity index is 775. The Morgan fingerprint density at radius 1 is 1.12 bits per heavy atom. The monoisotopic (exact) mass is 324 g/mol. The molecule has 0 unspecified atom stereocenters. The number of rotatable bonds is 3. The molecule has 0 bridgehead atoms. The number of aryl methyl sites for hydroxylation is 1. The molecule has 0 saturated heterocycles. The Hall–Kier alpha value is -2.69. The van der Waals surface area contributed by atoms with Crippen LogP contribution in [0.2, 0.25) is 0 Å². The summed E-state index contributed by atoms with van der Waals surface area (Å²) < 4.78 is 11.5. The van der Waals surface area contributed by atoms with Gasteiger partial charge in [-0.1, -0.05) is 24.3 Å². The van der Waals surface area contributed by atoms with Gasteiger partial charge >= 0.3 is 0 Å². The molecule has 0 saturated carbocycles. The molecular weight excluding hydrogens is 304 g/mol. The highest BCUT2D eigenvalue weighted by Crippen LogP contribution is 2.42. The fourth-order valence-corrected chi connectivity index (χ4v) is 3.30. The van der Waals surface area contributed by atoms with Crippen LogP contribution in [0.25, 0.3) is 0 Å². The smallest absolute Gasteiger partial charge is 0.265 e. The van der Waals surface area contributed by atoms with E-state index in [4.69, 9.17) is 9.47 Å². The number of para-hydroxylation sites is 2. The van der Waals surface area contributed by atoms with Gasteiger partial charge in [0.15, 0.2) is 6.61 Å². The summed E-state index contributed by atoms with van der Waals surface area (Å²) in [6, 6.07) is 13.6. The van der Waals surface area contributed by atoms with Crippen molar-refractivity contribution in [2.75, 3.05) is 42.6 Å². The van der Waals surface area contributed by atoms with Crippen molar-refractivity contribution in [3.63, 3.8) is 0 Å². The molecule has 0 fully saturated rings. The molecule has 24 heavy (non-hydrogen) atoms. The van der Waals surface area contributed by atoms with Gasteiger partial charge in [0, 0.05) is 13.1 Å². The van der Waals surface area contributed by atoms with Crippen LogP contribution < -0.4 is 19.3 Å². The van der Waals surface area contributed by atoms with Crippen molar-refractivity contribution < 1.29 is 14.3 Å². The normalized spacial score (nSPS) is 15.5. The summed E-state index contributed by atoms with van der Waals surface area (Å²) >= 11 is 0. The molecule has 0 N–H and O–H groups in total. The maximum Gasteiger partial charge on any atom is 0.265 e. The van der Waals surface area contributed by atoms with E-state index in [1.807, 2.05) is 54.3 Å². The van der Waals surface area contributed by atoms with Crippen LogP contribution >= 0.6 is 0 Å². The largest absolute Gasteiger partial charge is 0.489 e. The van der Waals surface area contributed by atoms with Gasteiger partial charge in [-0.2, -0.15) is 0 Å². The average Bonchev–Trinajstić information content (AvgIpc) is 2.62. The minimum absolute atomic E-state index is 0.0307. The zero-order chi connectivity index (χ0) is 16.5. The Labute approximate surface area is 141 Å². The van der Waals surface area contributed by atoms with Crippen LogP contribution in [0.5, 0.6) is 11.5 Å². The van der Waals surface area contributed by atoms with E-state index in [1.165, 1.54) is 0 Å². The first-order chi connectivity index (χ1) is 11.7. The summed E-state index contributed by atoms with van der Waals surface area (Å²) in [6.45, 7) is 5.07. The van der Waals surface area contributed by atoms with Crippen LogP contribution in [0.3, 0.4) is 0 Å². The molecule has 2 aromatic rings. The highest BCUT2D eigenvalue weighted by molar-refractivity contribution is 6.00. The summed E-state index contributed by atoms with van der Waals surface area (Å²) in [4.78, 5) is 16.8. The molecule has 4 rings (SSSR count). The van der Waals surface area contributed by atoms with Gasteiger partial charge in [0.2, 0.25) is 0 Å². The van der Waals surface area contributed by atoms with E-state index in [0.29, 0.717) is 13.2 Å². The van der Waals surface area contributed by atoms with Crippen molar-refractivity contribution in [1.29, 1.82) is 0 Å². The lowest BCUT2D eigenvalue weighted by molar-refractivity contribution is -0.120. The van der Waals surface area contributed by atoms with Crippen LogP contribution in [0.4, 0.5) is 11.4 Å². The quantitative estimate of drug-likeness (QED) is 0.870. The third kappa shape index (κ3) is 2.56. The number of hydrogen-bond donors (Lipinski definition) is 0. The number of carbonyl (C=O) groups is 1. The predicted molar refractivity (Wildman–Crippen MR) is 93.2 cm³/mol. The first-order valence-corrected chi connectivity index (χ1v) is 8.23. The van der Waals surface area contributed by atoms with Crippen molar-refractivity contribution in [3.05, 3.63) is 48.0 Å². The highest BCUT2D eigenvalue weighted by atomic mass is 16.5. The van der Waals surface area contributed by atoms with Crippen molar-refractivity contribution in [3.8, 4) is 11.5 Å². The Morgan fingerprint density at radius 3 is 2.88 bits per heavy atom. The number of carbonyl (C=O) groups excluding carboxylic acids is 1. The second-order valence-electron chi connectivity index (χ2n) is 6.06. The van der Waals surface area contributed by atoms with Gasteiger partial charge in [0.05, 0.1) is 12.2 Å². The molecule has 2 aliphatic heterocycles. The van der Waals surface area contributed by atoms with Crippen LogP contribution in [0, 0.1) is 6.92 Å². The van der Waals surface area contributed by atoms with E-state index in [1.54, 1.807) is 0 Å². The summed E-state index contributed by atoms with van der Waals surface area (Å²) in [5.74, 6) is 1.58. The number of benzene rings is 2. The summed E-state index contributed by atoms with van der Waals surface area (Å²) in [5, 5.41) is 0. The van der Waals surface area contributed by atoms with Crippen molar-refractivity contribution in [1.82, 2.24) is 0 Å². The third-order valence-electron chi connectivity index (χ3n) is 4.54. The molecule has 5 heteroatoms. The molecule has 0 spiro atoms. The number of ether oxygens (including phenoxy) is 2. The highest BCUT2D eigenvalue weighted by Gasteiger charge is 2.31. The summed E-state index contributed by atoms with van der Waals surface area (Å²) in [5.41, 5.74) is 2.97. The molecule has 0 aromatic heterocycles. The SMILES string of the molecule is Cc1ccccc1OCC(=O)N1CCN2CCOc3cccc1c32. The van der Waals surface area contributed by atoms with Crippen molar-refractivity contribution >= 4 is 17.3 Å². The van der Waals surface area contributed by atoms with E-state index in [2.05, 4.69) is 4.90 Å². The molecule has 0 aliphatic carbocycles. The minimum atomic E-state index is -0.0307.